The van der Waals surface area contributed by atoms with E-state index in [-0.39, 0.29) is 11.8 Å². The van der Waals surface area contributed by atoms with Crippen molar-refractivity contribution in [2.24, 2.45) is 0 Å². The maximum Gasteiger partial charge on any atom is 0.276 e. The van der Waals surface area contributed by atoms with Crippen LogP contribution in [0.15, 0.2) is 66.7 Å². The van der Waals surface area contributed by atoms with Gasteiger partial charge in [-0.1, -0.05) is 42.0 Å². The van der Waals surface area contributed by atoms with E-state index in [9.17, 15) is 9.59 Å². The number of fused-ring (bicyclic) bond motifs is 3. The van der Waals surface area contributed by atoms with Crippen LogP contribution in [0.2, 0.25) is 0 Å². The molecule has 30 heavy (non-hydrogen) atoms. The van der Waals surface area contributed by atoms with Gasteiger partial charge in [-0.3, -0.25) is 14.5 Å². The van der Waals surface area contributed by atoms with Crippen LogP contribution in [0, 0.1) is 6.92 Å². The number of carbonyl (C=O) groups is 2. The Morgan fingerprint density at radius 2 is 1.73 bits per heavy atom. The van der Waals surface area contributed by atoms with Crippen molar-refractivity contribution in [3.8, 4) is 5.75 Å². The molecule has 2 aliphatic heterocycles. The molecule has 2 N–H and O–H groups in total. The Balaban J connectivity index is 1.69. The summed E-state index contributed by atoms with van der Waals surface area (Å²) in [7, 11) is 1.58. The van der Waals surface area contributed by atoms with E-state index in [1.165, 1.54) is 0 Å². The summed E-state index contributed by atoms with van der Waals surface area (Å²) in [5.74, 6) is 0.156. The van der Waals surface area contributed by atoms with E-state index < -0.39 is 5.66 Å². The van der Waals surface area contributed by atoms with Gasteiger partial charge >= 0.3 is 0 Å². The second-order valence-corrected chi connectivity index (χ2v) is 7.62. The zero-order chi connectivity index (χ0) is 20.9. The standard InChI is InChI=1S/C24H21N3O3/c1-15-7-9-16(10-8-15)14-27-22(28)18-5-3-4-6-20(18)26-24(27)19-12-11-17(30-2)13-21(19)25-23(24)29/h3-13,26H,14H2,1-2H3,(H,25,29)/t24-/m1/s1. The Kier molecular flexibility index (Phi) is 4.03. The molecule has 0 fully saturated rings. The molecule has 2 heterocycles. The van der Waals surface area contributed by atoms with Gasteiger partial charge < -0.3 is 15.4 Å². The number of anilines is 2. The third kappa shape index (κ3) is 2.57. The van der Waals surface area contributed by atoms with E-state index in [0.29, 0.717) is 34.8 Å². The zero-order valence-electron chi connectivity index (χ0n) is 16.7. The normalized spacial score (nSPS) is 19.2. The molecular formula is C24H21N3O3. The summed E-state index contributed by atoms with van der Waals surface area (Å²) in [5, 5.41) is 6.31. The highest BCUT2D eigenvalue weighted by Crippen LogP contribution is 2.46. The van der Waals surface area contributed by atoms with Crippen LogP contribution < -0.4 is 15.4 Å². The molecular weight excluding hydrogens is 378 g/mol. The molecule has 150 valence electrons. The highest BCUT2D eigenvalue weighted by atomic mass is 16.5. The average Bonchev–Trinajstić information content (AvgIpc) is 3.03. The van der Waals surface area contributed by atoms with Crippen LogP contribution in [0.5, 0.6) is 5.75 Å². The molecule has 6 nitrogen and oxygen atoms in total. The minimum Gasteiger partial charge on any atom is -0.497 e. The number of carbonyl (C=O) groups excluding carboxylic acids is 2. The van der Waals surface area contributed by atoms with Gasteiger partial charge in [0.05, 0.1) is 18.4 Å². The van der Waals surface area contributed by atoms with Gasteiger partial charge in [0.25, 0.3) is 11.8 Å². The third-order valence-corrected chi connectivity index (χ3v) is 5.78. The summed E-state index contributed by atoms with van der Waals surface area (Å²) < 4.78 is 5.31. The summed E-state index contributed by atoms with van der Waals surface area (Å²) in [6.45, 7) is 2.31. The molecule has 2 aliphatic rings. The summed E-state index contributed by atoms with van der Waals surface area (Å²) >= 11 is 0. The van der Waals surface area contributed by atoms with Gasteiger partial charge in [0.2, 0.25) is 5.66 Å². The van der Waals surface area contributed by atoms with Crippen molar-refractivity contribution in [3.63, 3.8) is 0 Å². The molecule has 6 heteroatoms. The fraction of sp³-hybridized carbons (Fsp3) is 0.167. The fourth-order valence-electron chi connectivity index (χ4n) is 4.20. The predicted octanol–water partition coefficient (Wildman–Crippen LogP) is 3.88. The van der Waals surface area contributed by atoms with E-state index in [1.54, 1.807) is 30.2 Å². The minimum atomic E-state index is -1.34. The van der Waals surface area contributed by atoms with Gasteiger partial charge in [0, 0.05) is 23.9 Å². The quantitative estimate of drug-likeness (QED) is 0.701. The summed E-state index contributed by atoms with van der Waals surface area (Å²) in [5.41, 5.74) is 3.27. The van der Waals surface area contributed by atoms with Crippen molar-refractivity contribution in [2.45, 2.75) is 19.1 Å². The molecule has 0 bridgehead atoms. The molecule has 0 saturated carbocycles. The van der Waals surface area contributed by atoms with E-state index in [0.717, 1.165) is 11.1 Å². The highest BCUT2D eigenvalue weighted by Gasteiger charge is 2.56. The lowest BCUT2D eigenvalue weighted by Crippen LogP contribution is -2.60. The molecule has 2 amide bonds. The lowest BCUT2D eigenvalue weighted by Gasteiger charge is -2.44. The first-order valence-electron chi connectivity index (χ1n) is 9.77. The predicted molar refractivity (Wildman–Crippen MR) is 114 cm³/mol. The minimum absolute atomic E-state index is 0.191. The molecule has 0 saturated heterocycles. The van der Waals surface area contributed by atoms with Gasteiger partial charge in [0.15, 0.2) is 0 Å². The molecule has 5 rings (SSSR count). The molecule has 0 unspecified atom stereocenters. The van der Waals surface area contributed by atoms with Crippen molar-refractivity contribution < 1.29 is 14.3 Å². The van der Waals surface area contributed by atoms with Crippen molar-refractivity contribution in [1.82, 2.24) is 4.90 Å². The van der Waals surface area contributed by atoms with E-state index in [4.69, 9.17) is 4.74 Å². The number of ether oxygens (including phenoxy) is 1. The Morgan fingerprint density at radius 3 is 2.50 bits per heavy atom. The fourth-order valence-corrected chi connectivity index (χ4v) is 4.20. The van der Waals surface area contributed by atoms with Crippen LogP contribution in [-0.2, 0) is 17.0 Å². The maximum absolute atomic E-state index is 13.6. The smallest absolute Gasteiger partial charge is 0.276 e. The van der Waals surface area contributed by atoms with Crippen LogP contribution in [0.1, 0.15) is 27.0 Å². The number of hydrogen-bond acceptors (Lipinski definition) is 4. The Labute approximate surface area is 174 Å². The molecule has 3 aromatic rings. The Bertz CT molecular complexity index is 1170. The van der Waals surface area contributed by atoms with Gasteiger partial charge in [-0.2, -0.15) is 0 Å². The lowest BCUT2D eigenvalue weighted by atomic mass is 9.92. The molecule has 1 atom stereocenters. The molecule has 1 spiro atoms. The van der Waals surface area contributed by atoms with Gasteiger partial charge in [-0.15, -0.1) is 0 Å². The maximum atomic E-state index is 13.6. The first-order chi connectivity index (χ1) is 14.5. The number of nitrogens with one attached hydrogen (secondary N) is 2. The molecule has 0 aromatic heterocycles. The number of para-hydroxylation sites is 1. The van der Waals surface area contributed by atoms with Gasteiger partial charge in [0.1, 0.15) is 5.75 Å². The summed E-state index contributed by atoms with van der Waals surface area (Å²) in [4.78, 5) is 28.6. The second kappa shape index (κ2) is 6.62. The Morgan fingerprint density at radius 1 is 0.967 bits per heavy atom. The van der Waals surface area contributed by atoms with Crippen LogP contribution in [0.3, 0.4) is 0 Å². The third-order valence-electron chi connectivity index (χ3n) is 5.78. The van der Waals surface area contributed by atoms with E-state index in [1.807, 2.05) is 55.5 Å². The largest absolute Gasteiger partial charge is 0.497 e. The van der Waals surface area contributed by atoms with Crippen molar-refractivity contribution in [2.75, 3.05) is 17.7 Å². The van der Waals surface area contributed by atoms with Gasteiger partial charge in [-0.05, 0) is 36.8 Å². The van der Waals surface area contributed by atoms with Crippen molar-refractivity contribution >= 4 is 23.2 Å². The number of methoxy groups -OCH3 is 1. The van der Waals surface area contributed by atoms with Crippen LogP contribution in [0.4, 0.5) is 11.4 Å². The van der Waals surface area contributed by atoms with Crippen LogP contribution >= 0.6 is 0 Å². The SMILES string of the molecule is COc1ccc2c(c1)NC(=O)[C@@]21Nc2ccccc2C(=O)N1Cc1ccc(C)cc1. The van der Waals surface area contributed by atoms with E-state index >= 15 is 0 Å². The van der Waals surface area contributed by atoms with Crippen molar-refractivity contribution in [1.29, 1.82) is 0 Å². The Hall–Kier alpha value is -3.80. The topological polar surface area (TPSA) is 70.7 Å². The monoisotopic (exact) mass is 399 g/mol. The number of benzene rings is 3. The number of nitrogens with zero attached hydrogens (tertiary/aromatic N) is 1. The highest BCUT2D eigenvalue weighted by molar-refractivity contribution is 6.14. The van der Waals surface area contributed by atoms with Crippen LogP contribution in [-0.4, -0.2) is 23.8 Å². The summed E-state index contributed by atoms with van der Waals surface area (Å²) in [6, 6.07) is 20.7. The van der Waals surface area contributed by atoms with Crippen LogP contribution in [0.25, 0.3) is 0 Å². The molecule has 3 aromatic carbocycles. The average molecular weight is 399 g/mol. The molecule has 0 radical (unpaired) electrons. The first-order valence-corrected chi connectivity index (χ1v) is 9.77. The number of amides is 2. The number of hydrogen-bond donors (Lipinski definition) is 2. The van der Waals surface area contributed by atoms with Gasteiger partial charge in [-0.25, -0.2) is 0 Å². The first kappa shape index (κ1) is 18.2. The van der Waals surface area contributed by atoms with E-state index in [2.05, 4.69) is 10.6 Å². The second-order valence-electron chi connectivity index (χ2n) is 7.62. The lowest BCUT2D eigenvalue weighted by molar-refractivity contribution is -0.125. The van der Waals surface area contributed by atoms with Crippen molar-refractivity contribution in [3.05, 3.63) is 89.0 Å². The zero-order valence-corrected chi connectivity index (χ0v) is 16.7. The number of aryl methyl sites for hydroxylation is 1. The molecule has 0 aliphatic carbocycles. The summed E-state index contributed by atoms with van der Waals surface area (Å²) in [6.07, 6.45) is 0. The number of rotatable bonds is 3.